The molecule has 0 amide bonds. The number of benzene rings is 1. The van der Waals surface area contributed by atoms with Crippen molar-refractivity contribution in [2.45, 2.75) is 52.6 Å². The summed E-state index contributed by atoms with van der Waals surface area (Å²) >= 11 is 0. The van der Waals surface area contributed by atoms with Crippen molar-refractivity contribution in [3.05, 3.63) is 24.3 Å². The first-order valence-corrected chi connectivity index (χ1v) is 6.28. The van der Waals surface area contributed by atoms with Gasteiger partial charge in [-0.3, -0.25) is 0 Å². The second-order valence-corrected chi connectivity index (χ2v) is 4.48. The average molecular weight is 291 g/mol. The lowest BCUT2D eigenvalue weighted by molar-refractivity contribution is -0.00100. The summed E-state index contributed by atoms with van der Waals surface area (Å²) in [6.07, 6.45) is 2.29. The molecule has 1 aromatic rings. The maximum Gasteiger partial charge on any atom is 0.0343 e. The first-order valence-electron chi connectivity index (χ1n) is 6.28. The van der Waals surface area contributed by atoms with Crippen LogP contribution >= 0.6 is 0 Å². The Morgan fingerprint density at radius 2 is 1.06 bits per heavy atom. The number of halogens is 2. The number of nitrogens with one attached hydrogen (secondary N) is 2. The second kappa shape index (κ2) is 10.3. The van der Waals surface area contributed by atoms with Crippen molar-refractivity contribution in [2.75, 3.05) is 10.6 Å². The molecule has 2 N–H and O–H groups in total. The topological polar surface area (TPSA) is 24.1 Å². The summed E-state index contributed by atoms with van der Waals surface area (Å²) in [5.74, 6) is 0. The molecule has 106 valence electrons. The zero-order valence-electron chi connectivity index (χ0n) is 11.6. The van der Waals surface area contributed by atoms with Crippen LogP contribution < -0.4 is 35.4 Å². The molecule has 0 aliphatic heterocycles. The molecule has 1 aromatic carbocycles. The van der Waals surface area contributed by atoms with Crippen molar-refractivity contribution in [1.82, 2.24) is 0 Å². The number of rotatable bonds is 6. The van der Waals surface area contributed by atoms with Gasteiger partial charge in [0.25, 0.3) is 0 Å². The second-order valence-electron chi connectivity index (χ2n) is 4.48. The molecule has 0 saturated carbocycles. The van der Waals surface area contributed by atoms with Crippen LogP contribution in [-0.4, -0.2) is 12.1 Å². The summed E-state index contributed by atoms with van der Waals surface area (Å²) in [4.78, 5) is 0. The van der Waals surface area contributed by atoms with Crippen molar-refractivity contribution >= 4 is 11.4 Å². The minimum absolute atomic E-state index is 0. The predicted octanol–water partition coefficient (Wildman–Crippen LogP) is -1.88. The summed E-state index contributed by atoms with van der Waals surface area (Å²) in [6, 6.07) is 9.61. The van der Waals surface area contributed by atoms with Gasteiger partial charge in [0.1, 0.15) is 0 Å². The molecule has 1 rings (SSSR count). The normalized spacial score (nSPS) is 12.7. The molecule has 0 radical (unpaired) electrons. The van der Waals surface area contributed by atoms with E-state index in [1.54, 1.807) is 0 Å². The largest absolute Gasteiger partial charge is 1.00 e. The van der Waals surface area contributed by atoms with Gasteiger partial charge in [-0.1, -0.05) is 13.8 Å². The smallest absolute Gasteiger partial charge is 0.0343 e. The molecular weight excluding hydrogens is 267 g/mol. The summed E-state index contributed by atoms with van der Waals surface area (Å²) in [5.41, 5.74) is 2.40. The third-order valence-electron chi connectivity index (χ3n) is 2.94. The highest BCUT2D eigenvalue weighted by Gasteiger charge is 2.00. The molecule has 2 atom stereocenters. The maximum absolute atomic E-state index is 3.46. The fraction of sp³-hybridized carbons (Fsp3) is 0.571. The molecule has 2 nitrogen and oxygen atoms in total. The summed E-state index contributed by atoms with van der Waals surface area (Å²) < 4.78 is 0. The maximum atomic E-state index is 3.46. The van der Waals surface area contributed by atoms with E-state index in [1.807, 2.05) is 0 Å². The van der Waals surface area contributed by atoms with Crippen molar-refractivity contribution in [3.63, 3.8) is 0 Å². The van der Waals surface area contributed by atoms with E-state index in [-0.39, 0.29) is 24.8 Å². The quantitative estimate of drug-likeness (QED) is 0.641. The van der Waals surface area contributed by atoms with Gasteiger partial charge in [0.15, 0.2) is 0 Å². The van der Waals surface area contributed by atoms with Crippen molar-refractivity contribution in [1.29, 1.82) is 0 Å². The zero-order chi connectivity index (χ0) is 12.0. The summed E-state index contributed by atoms with van der Waals surface area (Å²) in [7, 11) is 0. The van der Waals surface area contributed by atoms with E-state index < -0.39 is 0 Å². The highest BCUT2D eigenvalue weighted by atomic mass is 35.5. The predicted molar refractivity (Wildman–Crippen MR) is 73.2 cm³/mol. The van der Waals surface area contributed by atoms with Crippen LogP contribution in [0.15, 0.2) is 24.3 Å². The molecule has 0 bridgehead atoms. The van der Waals surface area contributed by atoms with Crippen LogP contribution in [0.1, 0.15) is 40.5 Å². The van der Waals surface area contributed by atoms with E-state index >= 15 is 0 Å². The molecule has 0 aromatic heterocycles. The van der Waals surface area contributed by atoms with E-state index in [0.29, 0.717) is 12.1 Å². The number of hydrogen-bond acceptors (Lipinski definition) is 2. The molecule has 4 heteroatoms. The Morgan fingerprint density at radius 1 is 0.778 bits per heavy atom. The van der Waals surface area contributed by atoms with Crippen molar-refractivity contribution < 1.29 is 24.8 Å². The van der Waals surface area contributed by atoms with Gasteiger partial charge >= 0.3 is 0 Å². The molecule has 0 fully saturated rings. The van der Waals surface area contributed by atoms with Crippen LogP contribution in [-0.2, 0) is 0 Å². The van der Waals surface area contributed by atoms with E-state index in [1.165, 1.54) is 11.4 Å². The van der Waals surface area contributed by atoms with Gasteiger partial charge in [-0.15, -0.1) is 0 Å². The molecule has 2 unspecified atom stereocenters. The molecule has 18 heavy (non-hydrogen) atoms. The minimum atomic E-state index is 0. The van der Waals surface area contributed by atoms with Gasteiger partial charge < -0.3 is 35.4 Å². The Kier molecular flexibility index (Phi) is 11.3. The molecule has 0 heterocycles. The van der Waals surface area contributed by atoms with Gasteiger partial charge in [-0.2, -0.15) is 0 Å². The van der Waals surface area contributed by atoms with Crippen molar-refractivity contribution in [2.24, 2.45) is 0 Å². The fourth-order valence-electron chi connectivity index (χ4n) is 1.44. The highest BCUT2D eigenvalue weighted by Crippen LogP contribution is 2.16. The van der Waals surface area contributed by atoms with Gasteiger partial charge in [-0.25, -0.2) is 0 Å². The SMILES string of the molecule is CCC(C)Nc1ccc(NC(C)CC)cc1.[Cl-].[Cl-]. The lowest BCUT2D eigenvalue weighted by atomic mass is 10.2. The van der Waals surface area contributed by atoms with Crippen molar-refractivity contribution in [3.8, 4) is 0 Å². The van der Waals surface area contributed by atoms with Gasteiger partial charge in [0.2, 0.25) is 0 Å². The van der Waals surface area contributed by atoms with Gasteiger partial charge in [-0.05, 0) is 51.0 Å². The van der Waals surface area contributed by atoms with Crippen LogP contribution in [0.2, 0.25) is 0 Å². The third-order valence-corrected chi connectivity index (χ3v) is 2.94. The third kappa shape index (κ3) is 6.97. The summed E-state index contributed by atoms with van der Waals surface area (Å²) in [6.45, 7) is 8.78. The highest BCUT2D eigenvalue weighted by molar-refractivity contribution is 5.54. The molecule has 0 aliphatic carbocycles. The Bertz CT molecular complexity index is 270. The van der Waals surface area contributed by atoms with E-state index in [2.05, 4.69) is 62.6 Å². The monoisotopic (exact) mass is 290 g/mol. The molecule has 0 saturated heterocycles. The van der Waals surface area contributed by atoms with Crippen LogP contribution in [0, 0.1) is 0 Å². The minimum Gasteiger partial charge on any atom is -1.00 e. The van der Waals surface area contributed by atoms with Gasteiger partial charge in [0, 0.05) is 23.5 Å². The van der Waals surface area contributed by atoms with E-state index in [9.17, 15) is 0 Å². The first kappa shape index (κ1) is 19.7. The Labute approximate surface area is 124 Å². The number of hydrogen-bond donors (Lipinski definition) is 2. The zero-order valence-corrected chi connectivity index (χ0v) is 13.1. The number of anilines is 2. The lowest BCUT2D eigenvalue weighted by Gasteiger charge is -2.15. The summed E-state index contributed by atoms with van der Waals surface area (Å²) in [5, 5.41) is 6.92. The Morgan fingerprint density at radius 3 is 1.28 bits per heavy atom. The van der Waals surface area contributed by atoms with E-state index in [0.717, 1.165) is 12.8 Å². The van der Waals surface area contributed by atoms with Crippen LogP contribution in [0.25, 0.3) is 0 Å². The van der Waals surface area contributed by atoms with Gasteiger partial charge in [0.05, 0.1) is 0 Å². The molecule has 0 aliphatic rings. The molecular formula is C14H24Cl2N2-2. The van der Waals surface area contributed by atoms with Crippen LogP contribution in [0.4, 0.5) is 11.4 Å². The fourth-order valence-corrected chi connectivity index (χ4v) is 1.44. The molecule has 0 spiro atoms. The Hall–Kier alpha value is -0.600. The van der Waals surface area contributed by atoms with E-state index in [4.69, 9.17) is 0 Å². The average Bonchev–Trinajstić information content (AvgIpc) is 2.31. The Balaban J connectivity index is 0. The standard InChI is InChI=1S/C14H24N2.2ClH/c1-5-11(3)15-13-7-9-14(10-8-13)16-12(4)6-2;;/h7-12,15-16H,5-6H2,1-4H3;2*1H/p-2. The lowest BCUT2D eigenvalue weighted by Crippen LogP contribution is -3.00. The van der Waals surface area contributed by atoms with Crippen LogP contribution in [0.5, 0.6) is 0 Å². The van der Waals surface area contributed by atoms with Crippen LogP contribution in [0.3, 0.4) is 0 Å². The first-order chi connectivity index (χ1) is 7.65.